The maximum Gasteiger partial charge on any atom is 0.238 e. The molecule has 0 saturated heterocycles. The smallest absolute Gasteiger partial charge is 0.238 e. The van der Waals surface area contributed by atoms with Gasteiger partial charge < -0.3 is 15.4 Å². The second kappa shape index (κ2) is 9.03. The maximum absolute atomic E-state index is 12.8. The Balaban J connectivity index is 1.68. The van der Waals surface area contributed by atoms with Crippen LogP contribution < -0.4 is 15.4 Å². The highest BCUT2D eigenvalue weighted by molar-refractivity contribution is 5.92. The molecular weight excluding hydrogens is 307 g/mol. The highest BCUT2D eigenvalue weighted by Crippen LogP contribution is 2.16. The van der Waals surface area contributed by atoms with Crippen LogP contribution in [0.4, 0.5) is 10.1 Å². The highest BCUT2D eigenvalue weighted by atomic mass is 19.1. The Morgan fingerprint density at radius 1 is 1.08 bits per heavy atom. The van der Waals surface area contributed by atoms with Gasteiger partial charge in [0.2, 0.25) is 5.91 Å². The van der Waals surface area contributed by atoms with E-state index < -0.39 is 0 Å². The van der Waals surface area contributed by atoms with Crippen LogP contribution in [-0.4, -0.2) is 25.1 Å². The molecule has 0 aliphatic heterocycles. The van der Waals surface area contributed by atoms with Crippen molar-refractivity contribution in [2.75, 3.05) is 18.4 Å². The third kappa shape index (κ3) is 6.38. The lowest BCUT2D eigenvalue weighted by Gasteiger charge is -2.11. The molecule has 5 heteroatoms. The first-order valence-corrected chi connectivity index (χ1v) is 8.04. The summed E-state index contributed by atoms with van der Waals surface area (Å²) in [5, 5.41) is 5.90. The van der Waals surface area contributed by atoms with E-state index in [0.29, 0.717) is 6.54 Å². The topological polar surface area (TPSA) is 50.4 Å². The van der Waals surface area contributed by atoms with Crippen molar-refractivity contribution >= 4 is 11.6 Å². The standard InChI is InChI=1S/C19H23FN2O2/c1-14(2)24-18-9-7-17(8-10-18)22-19(23)13-21-12-11-15-3-5-16(20)6-4-15/h3-10,14,21H,11-13H2,1-2H3,(H,22,23). The number of carbonyl (C=O) groups is 1. The lowest BCUT2D eigenvalue weighted by Crippen LogP contribution is -2.29. The number of ether oxygens (including phenoxy) is 1. The van der Waals surface area contributed by atoms with Crippen LogP contribution in [0.25, 0.3) is 0 Å². The number of rotatable bonds is 8. The molecule has 0 bridgehead atoms. The average molecular weight is 330 g/mol. The Bertz CT molecular complexity index is 639. The summed E-state index contributed by atoms with van der Waals surface area (Å²) in [4.78, 5) is 11.9. The van der Waals surface area contributed by atoms with Crippen molar-refractivity contribution in [1.82, 2.24) is 5.32 Å². The number of amides is 1. The van der Waals surface area contributed by atoms with E-state index >= 15 is 0 Å². The SMILES string of the molecule is CC(C)Oc1ccc(NC(=O)CNCCc2ccc(F)cc2)cc1. The van der Waals surface area contributed by atoms with Crippen LogP contribution in [0.1, 0.15) is 19.4 Å². The molecule has 0 radical (unpaired) electrons. The van der Waals surface area contributed by atoms with Crippen LogP contribution in [0.2, 0.25) is 0 Å². The Morgan fingerprint density at radius 2 is 1.75 bits per heavy atom. The second-order valence-corrected chi connectivity index (χ2v) is 5.79. The van der Waals surface area contributed by atoms with Gasteiger partial charge in [0.1, 0.15) is 11.6 Å². The fourth-order valence-corrected chi connectivity index (χ4v) is 2.18. The highest BCUT2D eigenvalue weighted by Gasteiger charge is 2.03. The monoisotopic (exact) mass is 330 g/mol. The third-order valence-corrected chi connectivity index (χ3v) is 3.30. The molecule has 0 saturated carbocycles. The van der Waals surface area contributed by atoms with Crippen LogP contribution in [0.5, 0.6) is 5.75 Å². The van der Waals surface area contributed by atoms with Gasteiger partial charge in [-0.15, -0.1) is 0 Å². The lowest BCUT2D eigenvalue weighted by molar-refractivity contribution is -0.115. The predicted octanol–water partition coefficient (Wildman–Crippen LogP) is 3.38. The lowest BCUT2D eigenvalue weighted by atomic mass is 10.1. The van der Waals surface area contributed by atoms with Crippen LogP contribution >= 0.6 is 0 Å². The number of hydrogen-bond acceptors (Lipinski definition) is 3. The fourth-order valence-electron chi connectivity index (χ4n) is 2.18. The zero-order valence-corrected chi connectivity index (χ0v) is 14.0. The Labute approximate surface area is 142 Å². The van der Waals surface area contributed by atoms with Crippen molar-refractivity contribution in [1.29, 1.82) is 0 Å². The molecule has 1 amide bonds. The molecule has 0 atom stereocenters. The van der Waals surface area contributed by atoms with Gasteiger partial charge >= 0.3 is 0 Å². The average Bonchev–Trinajstić information content (AvgIpc) is 2.55. The van der Waals surface area contributed by atoms with Crippen molar-refractivity contribution in [3.8, 4) is 5.75 Å². The molecule has 128 valence electrons. The summed E-state index contributed by atoms with van der Waals surface area (Å²) in [5.74, 6) is 0.433. The number of carbonyl (C=O) groups excluding carboxylic acids is 1. The van der Waals surface area contributed by atoms with Crippen molar-refractivity contribution < 1.29 is 13.9 Å². The summed E-state index contributed by atoms with van der Waals surface area (Å²) in [6.07, 6.45) is 0.866. The number of halogens is 1. The molecule has 0 aromatic heterocycles. The molecule has 0 heterocycles. The van der Waals surface area contributed by atoms with Gasteiger partial charge in [0.05, 0.1) is 12.6 Å². The molecule has 4 nitrogen and oxygen atoms in total. The van der Waals surface area contributed by atoms with E-state index in [2.05, 4.69) is 10.6 Å². The van der Waals surface area contributed by atoms with Crippen LogP contribution in [0.3, 0.4) is 0 Å². The molecular formula is C19H23FN2O2. The van der Waals surface area contributed by atoms with Crippen molar-refractivity contribution in [3.63, 3.8) is 0 Å². The van der Waals surface area contributed by atoms with Crippen molar-refractivity contribution in [3.05, 3.63) is 59.9 Å². The third-order valence-electron chi connectivity index (χ3n) is 3.30. The van der Waals surface area contributed by atoms with E-state index in [0.717, 1.165) is 23.4 Å². The molecule has 2 N–H and O–H groups in total. The zero-order valence-electron chi connectivity index (χ0n) is 14.0. The Hall–Kier alpha value is -2.40. The van der Waals surface area contributed by atoms with Gasteiger partial charge in [-0.05, 0) is 68.8 Å². The van der Waals surface area contributed by atoms with Gasteiger partial charge in [0.25, 0.3) is 0 Å². The molecule has 0 aliphatic carbocycles. The van der Waals surface area contributed by atoms with Crippen LogP contribution in [0, 0.1) is 5.82 Å². The molecule has 2 aromatic carbocycles. The van der Waals surface area contributed by atoms with Gasteiger partial charge in [0.15, 0.2) is 0 Å². The summed E-state index contributed by atoms with van der Waals surface area (Å²) in [6, 6.07) is 13.7. The quantitative estimate of drug-likeness (QED) is 0.730. The second-order valence-electron chi connectivity index (χ2n) is 5.79. The first-order chi connectivity index (χ1) is 11.5. The van der Waals surface area contributed by atoms with E-state index in [1.54, 1.807) is 12.1 Å². The molecule has 0 unspecified atom stereocenters. The summed E-state index contributed by atoms with van der Waals surface area (Å²) >= 11 is 0. The van der Waals surface area contributed by atoms with E-state index in [9.17, 15) is 9.18 Å². The van der Waals surface area contributed by atoms with E-state index in [4.69, 9.17) is 4.74 Å². The summed E-state index contributed by atoms with van der Waals surface area (Å²) < 4.78 is 18.4. The predicted molar refractivity (Wildman–Crippen MR) is 93.8 cm³/mol. The number of benzene rings is 2. The first-order valence-electron chi connectivity index (χ1n) is 8.04. The zero-order chi connectivity index (χ0) is 17.4. The molecule has 0 fully saturated rings. The summed E-state index contributed by atoms with van der Waals surface area (Å²) in [7, 11) is 0. The van der Waals surface area contributed by atoms with Crippen LogP contribution in [0.15, 0.2) is 48.5 Å². The van der Waals surface area contributed by atoms with Crippen molar-refractivity contribution in [2.24, 2.45) is 0 Å². The van der Waals surface area contributed by atoms with Crippen molar-refractivity contribution in [2.45, 2.75) is 26.4 Å². The number of hydrogen-bond donors (Lipinski definition) is 2. The van der Waals surface area contributed by atoms with Crippen LogP contribution in [-0.2, 0) is 11.2 Å². The largest absolute Gasteiger partial charge is 0.491 e. The summed E-state index contributed by atoms with van der Waals surface area (Å²) in [5.41, 5.74) is 1.77. The van der Waals surface area contributed by atoms with Gasteiger partial charge in [-0.2, -0.15) is 0 Å². The number of nitrogens with one attached hydrogen (secondary N) is 2. The van der Waals surface area contributed by atoms with Gasteiger partial charge in [-0.25, -0.2) is 4.39 Å². The minimum absolute atomic E-state index is 0.105. The van der Waals surface area contributed by atoms with Gasteiger partial charge in [-0.3, -0.25) is 4.79 Å². The Morgan fingerprint density at radius 3 is 2.38 bits per heavy atom. The minimum Gasteiger partial charge on any atom is -0.491 e. The van der Waals surface area contributed by atoms with Gasteiger partial charge in [0, 0.05) is 5.69 Å². The van der Waals surface area contributed by atoms with E-state index in [-0.39, 0.29) is 24.4 Å². The minimum atomic E-state index is -0.240. The molecule has 2 rings (SSSR count). The van der Waals surface area contributed by atoms with E-state index in [1.165, 1.54) is 12.1 Å². The maximum atomic E-state index is 12.8. The Kier molecular flexibility index (Phi) is 6.75. The normalized spacial score (nSPS) is 10.7. The first kappa shape index (κ1) is 17.9. The molecule has 0 spiro atoms. The van der Waals surface area contributed by atoms with E-state index in [1.807, 2.05) is 38.1 Å². The molecule has 0 aliphatic rings. The summed E-state index contributed by atoms with van der Waals surface area (Å²) in [6.45, 7) is 4.81. The fraction of sp³-hybridized carbons (Fsp3) is 0.316. The molecule has 2 aromatic rings. The molecule has 24 heavy (non-hydrogen) atoms. The number of anilines is 1. The van der Waals surface area contributed by atoms with Gasteiger partial charge in [-0.1, -0.05) is 12.1 Å².